The molecular weight excluding hydrogens is 705 g/mol. The van der Waals surface area contributed by atoms with Crippen LogP contribution in [0.5, 0.6) is 0 Å². The quantitative estimate of drug-likeness (QED) is 0.116. The third-order valence-electron chi connectivity index (χ3n) is 9.49. The van der Waals surface area contributed by atoms with Gasteiger partial charge in [-0.1, -0.05) is 0 Å². The van der Waals surface area contributed by atoms with Crippen LogP contribution in [0, 0.1) is 0 Å². The summed E-state index contributed by atoms with van der Waals surface area (Å²) in [5, 5.41) is 54.7. The van der Waals surface area contributed by atoms with Crippen LogP contribution in [0.2, 0.25) is 0 Å². The smallest absolute Gasteiger partial charge is 0.00767 e. The molecule has 0 aromatic carbocycles. The summed E-state index contributed by atoms with van der Waals surface area (Å²) < 4.78 is 0. The van der Waals surface area contributed by atoms with Gasteiger partial charge in [-0.05, 0) is 156 Å². The second kappa shape index (κ2) is 50.5. The molecule has 336 valence electrons. The maximum atomic E-state index is 3.42. The lowest BCUT2D eigenvalue weighted by Gasteiger charge is -2.10. The summed E-state index contributed by atoms with van der Waals surface area (Å²) in [5.74, 6) is 0. The highest BCUT2D eigenvalue weighted by molar-refractivity contribution is 4.62. The molecule has 4 rings (SSSR count). The van der Waals surface area contributed by atoms with E-state index in [1.54, 1.807) is 0 Å². The van der Waals surface area contributed by atoms with E-state index in [-0.39, 0.29) is 0 Å². The van der Waals surface area contributed by atoms with Crippen molar-refractivity contribution >= 4 is 0 Å². The highest BCUT2D eigenvalue weighted by Crippen LogP contribution is 1.80. The molecule has 0 aromatic rings. The van der Waals surface area contributed by atoms with Gasteiger partial charge < -0.3 is 85.1 Å². The van der Waals surface area contributed by atoms with E-state index in [1.807, 2.05) is 0 Å². The first-order valence-corrected chi connectivity index (χ1v) is 23.3. The summed E-state index contributed by atoms with van der Waals surface area (Å²) in [6, 6.07) is 0. The molecule has 56 heavy (non-hydrogen) atoms. The fourth-order valence-electron chi connectivity index (χ4n) is 6.12. The maximum absolute atomic E-state index is 3.42. The van der Waals surface area contributed by atoms with E-state index in [2.05, 4.69) is 85.1 Å². The van der Waals surface area contributed by atoms with Crippen LogP contribution in [0.25, 0.3) is 0 Å². The highest BCUT2D eigenvalue weighted by atomic mass is 15.0. The minimum Gasteiger partial charge on any atom is -0.315 e. The van der Waals surface area contributed by atoms with Gasteiger partial charge in [-0.3, -0.25) is 0 Å². The first-order valence-electron chi connectivity index (χ1n) is 23.3. The molecule has 4 aliphatic heterocycles. The Morgan fingerprint density at radius 2 is 0.161 bits per heavy atom. The van der Waals surface area contributed by atoms with Crippen LogP contribution in [-0.4, -0.2) is 209 Å². The molecule has 4 fully saturated rings. The molecule has 0 bridgehead atoms. The minimum absolute atomic E-state index is 1.09. The zero-order valence-corrected chi connectivity index (χ0v) is 36.3. The van der Waals surface area contributed by atoms with Crippen molar-refractivity contribution in [1.29, 1.82) is 0 Å². The lowest BCUT2D eigenvalue weighted by Crippen LogP contribution is -2.34. The van der Waals surface area contributed by atoms with E-state index < -0.39 is 0 Å². The summed E-state index contributed by atoms with van der Waals surface area (Å²) in [6.45, 7) is 35.5. The number of hydrogen-bond donors (Lipinski definition) is 16. The summed E-state index contributed by atoms with van der Waals surface area (Å²) in [4.78, 5) is 0. The van der Waals surface area contributed by atoms with Crippen molar-refractivity contribution < 1.29 is 0 Å². The zero-order chi connectivity index (χ0) is 39.6. The van der Waals surface area contributed by atoms with Crippen LogP contribution in [0.4, 0.5) is 0 Å². The SMILES string of the molecule is C1CNCCNCCCNCCNC1.C1CNCCNCCCNCCNC1.C1CNCCNCCCNCCNC1.C1CNCCNCCCNCCNC1. The Hall–Kier alpha value is -0.640. The fraction of sp³-hybridized carbons (Fsp3) is 1.00. The molecule has 4 heterocycles. The molecule has 0 unspecified atom stereocenters. The minimum atomic E-state index is 1.09. The van der Waals surface area contributed by atoms with Gasteiger partial charge in [0.15, 0.2) is 0 Å². The summed E-state index contributed by atoms with van der Waals surface area (Å²) in [6.07, 6.45) is 9.78. The van der Waals surface area contributed by atoms with Gasteiger partial charge in [-0.15, -0.1) is 0 Å². The molecule has 16 heteroatoms. The maximum Gasteiger partial charge on any atom is 0.00767 e. The molecule has 0 radical (unpaired) electrons. The van der Waals surface area contributed by atoms with Gasteiger partial charge in [0.2, 0.25) is 0 Å². The molecule has 0 amide bonds. The molecule has 4 saturated heterocycles. The van der Waals surface area contributed by atoms with E-state index in [0.717, 1.165) is 209 Å². The van der Waals surface area contributed by atoms with Gasteiger partial charge in [-0.25, -0.2) is 0 Å². The van der Waals surface area contributed by atoms with Crippen LogP contribution in [0.15, 0.2) is 0 Å². The Bertz CT molecular complexity index is 374. The lowest BCUT2D eigenvalue weighted by molar-refractivity contribution is 0.530. The molecule has 16 nitrogen and oxygen atoms in total. The molecule has 0 atom stereocenters. The van der Waals surface area contributed by atoms with Gasteiger partial charge in [-0.2, -0.15) is 0 Å². The first-order chi connectivity index (χ1) is 28.0. The van der Waals surface area contributed by atoms with Crippen LogP contribution in [0.3, 0.4) is 0 Å². The molecule has 0 aliphatic carbocycles. The summed E-state index contributed by atoms with van der Waals surface area (Å²) in [7, 11) is 0. The van der Waals surface area contributed by atoms with Crippen molar-refractivity contribution in [3.63, 3.8) is 0 Å². The third-order valence-corrected chi connectivity index (χ3v) is 9.49. The first kappa shape index (κ1) is 53.4. The normalized spacial score (nSPS) is 24.0. The predicted molar refractivity (Wildman–Crippen MR) is 243 cm³/mol. The van der Waals surface area contributed by atoms with Gasteiger partial charge in [0.05, 0.1) is 0 Å². The van der Waals surface area contributed by atoms with Crippen molar-refractivity contribution in [2.75, 3.05) is 209 Å². The largest absolute Gasteiger partial charge is 0.315 e. The van der Waals surface area contributed by atoms with Gasteiger partial charge in [0.1, 0.15) is 0 Å². The molecule has 0 saturated carbocycles. The number of rotatable bonds is 0. The van der Waals surface area contributed by atoms with Crippen LogP contribution < -0.4 is 85.1 Å². The van der Waals surface area contributed by atoms with E-state index in [4.69, 9.17) is 0 Å². The third kappa shape index (κ3) is 47.7. The van der Waals surface area contributed by atoms with Crippen molar-refractivity contribution in [1.82, 2.24) is 85.1 Å². The van der Waals surface area contributed by atoms with Crippen LogP contribution >= 0.6 is 0 Å². The van der Waals surface area contributed by atoms with Crippen LogP contribution in [0.1, 0.15) is 51.4 Å². The molecule has 0 aromatic heterocycles. The predicted octanol–water partition coefficient (Wildman–Crippen LogP) is -3.45. The zero-order valence-electron chi connectivity index (χ0n) is 36.3. The van der Waals surface area contributed by atoms with E-state index in [1.165, 1.54) is 51.4 Å². The molecule has 16 N–H and O–H groups in total. The van der Waals surface area contributed by atoms with Crippen molar-refractivity contribution in [3.05, 3.63) is 0 Å². The Morgan fingerprint density at radius 1 is 0.0893 bits per heavy atom. The molecule has 0 spiro atoms. The number of nitrogens with one attached hydrogen (secondary N) is 16. The summed E-state index contributed by atoms with van der Waals surface area (Å²) >= 11 is 0. The number of hydrogen-bond acceptors (Lipinski definition) is 16. The fourth-order valence-corrected chi connectivity index (χ4v) is 6.12. The van der Waals surface area contributed by atoms with Crippen molar-refractivity contribution in [2.45, 2.75) is 51.4 Å². The van der Waals surface area contributed by atoms with E-state index in [0.29, 0.717) is 0 Å². The highest BCUT2D eigenvalue weighted by Gasteiger charge is 1.97. The second-order valence-electron chi connectivity index (χ2n) is 14.8. The van der Waals surface area contributed by atoms with Gasteiger partial charge in [0.25, 0.3) is 0 Å². The average Bonchev–Trinajstić information content (AvgIpc) is 3.22. The molecule has 4 aliphatic rings. The lowest BCUT2D eigenvalue weighted by atomic mass is 10.3. The van der Waals surface area contributed by atoms with Gasteiger partial charge >= 0.3 is 0 Å². The Kier molecular flexibility index (Phi) is 48.1. The standard InChI is InChI=1S/4C10H24N4/c4*1-3-11-7-9-13-5-2-6-14-10-8-12-4-1/h4*11-14H,1-10H2. The van der Waals surface area contributed by atoms with E-state index >= 15 is 0 Å². The van der Waals surface area contributed by atoms with Crippen LogP contribution in [-0.2, 0) is 0 Å². The van der Waals surface area contributed by atoms with Crippen molar-refractivity contribution in [3.8, 4) is 0 Å². The monoisotopic (exact) mass is 801 g/mol. The average molecular weight is 801 g/mol. The van der Waals surface area contributed by atoms with Gasteiger partial charge in [0, 0.05) is 105 Å². The molecular formula is C40H96N16. The second-order valence-corrected chi connectivity index (χ2v) is 14.8. The van der Waals surface area contributed by atoms with E-state index in [9.17, 15) is 0 Å². The Balaban J connectivity index is 0.000000373. The summed E-state index contributed by atoms with van der Waals surface area (Å²) in [5.41, 5.74) is 0. The Morgan fingerprint density at radius 3 is 0.232 bits per heavy atom. The van der Waals surface area contributed by atoms with Crippen molar-refractivity contribution in [2.24, 2.45) is 0 Å². The Labute approximate surface area is 345 Å². The topological polar surface area (TPSA) is 192 Å².